The van der Waals surface area contributed by atoms with Crippen molar-refractivity contribution in [2.45, 2.75) is 32.3 Å². The van der Waals surface area contributed by atoms with E-state index >= 15 is 0 Å². The van der Waals surface area contributed by atoms with Gasteiger partial charge in [0.05, 0.1) is 13.0 Å². The molecule has 1 atom stereocenters. The van der Waals surface area contributed by atoms with E-state index in [0.717, 1.165) is 0 Å². The molecular weight excluding hydrogens is 176 g/mol. The molecule has 0 saturated heterocycles. The van der Waals surface area contributed by atoms with Crippen LogP contribution in [0.15, 0.2) is 30.2 Å². The Morgan fingerprint density at radius 3 is 2.50 bits per heavy atom. The van der Waals surface area contributed by atoms with Gasteiger partial charge in [-0.25, -0.2) is 0 Å². The fraction of sp³-hybridized carbons (Fsp3) is 0.455. The normalized spacial score (nSPS) is 31.6. The first kappa shape index (κ1) is 2.61. The molecule has 1 aromatic rings. The molecule has 0 saturated carbocycles. The molecule has 1 unspecified atom stereocenters. The van der Waals surface area contributed by atoms with Crippen LogP contribution in [0, 0.1) is 5.21 Å². The van der Waals surface area contributed by atoms with Crippen molar-refractivity contribution in [1.29, 1.82) is 0 Å². The lowest BCUT2D eigenvalue weighted by Crippen LogP contribution is -2.43. The number of nitrogens with zero attached hydrogens (tertiary/aromatic N) is 1. The van der Waals surface area contributed by atoms with Gasteiger partial charge in [-0.3, -0.25) is 0 Å². The molecule has 0 bridgehead atoms. The van der Waals surface area contributed by atoms with Gasteiger partial charge < -0.3 is 16.0 Å². The summed E-state index contributed by atoms with van der Waals surface area (Å²) in [5.41, 5.74) is 0.654. The minimum atomic E-state index is -4.02. The molecule has 0 radical (unpaired) electrons. The average molecular weight is 207 g/mol. The first-order valence-corrected chi connectivity index (χ1v) is 3.54. The highest BCUT2D eigenvalue weighted by atomic mass is 16.5. The molecule has 0 spiro atoms. The number of hydrogen-bond acceptors (Lipinski definition) is 3. The number of hydrogen-bond donors (Lipinski definition) is 1. The van der Waals surface area contributed by atoms with Crippen molar-refractivity contribution in [3.05, 3.63) is 41.0 Å². The Bertz CT molecular complexity index is 687. The van der Waals surface area contributed by atoms with Crippen LogP contribution >= 0.6 is 0 Å². The van der Waals surface area contributed by atoms with Crippen molar-refractivity contribution in [1.82, 2.24) is 5.06 Å². The molecule has 1 aromatic carbocycles. The number of nitrogens with two attached hydrogens (primary N) is 1. The average Bonchev–Trinajstić information content (AvgIpc) is 2.47. The van der Waals surface area contributed by atoms with Crippen molar-refractivity contribution in [2.24, 2.45) is 5.73 Å². The van der Waals surface area contributed by atoms with Gasteiger partial charge in [-0.05, 0) is 26.1 Å². The zero-order chi connectivity index (χ0) is 22.6. The Labute approximate surface area is 105 Å². The SMILES string of the molecule is [2H]c1c([2H])c([2H])c(C(N)N([O-])C(C([2H])([2H])[2H])(C([2H])([2H])[2H])C([2H])([2H])[2H])c([2H])c1[2H]. The Morgan fingerprint density at radius 1 is 1.43 bits per heavy atom. The van der Waals surface area contributed by atoms with E-state index in [1.807, 2.05) is 0 Å². The highest BCUT2D eigenvalue weighted by molar-refractivity contribution is 5.18. The standard InChI is InChI=1S/C11H17N2O/c1-11(2,3)13(14)10(12)9-7-5-4-6-8-9/h4-8,10H,12H2,1-3H3/q-1/i1D3,2D3,3D3,4D,5D,6D,7D,8D. The fourth-order valence-electron chi connectivity index (χ4n) is 0.733. The van der Waals surface area contributed by atoms with Gasteiger partial charge in [0.2, 0.25) is 0 Å². The van der Waals surface area contributed by atoms with E-state index in [4.69, 9.17) is 24.9 Å². The van der Waals surface area contributed by atoms with Crippen molar-refractivity contribution in [3.8, 4) is 0 Å². The van der Waals surface area contributed by atoms with E-state index in [0.29, 0.717) is 0 Å². The second-order valence-electron chi connectivity index (χ2n) is 2.52. The third kappa shape index (κ3) is 2.54. The van der Waals surface area contributed by atoms with Crippen molar-refractivity contribution >= 4 is 0 Å². The van der Waals surface area contributed by atoms with Gasteiger partial charge >= 0.3 is 0 Å². The molecule has 3 heteroatoms. The Balaban J connectivity index is 3.89. The molecule has 78 valence electrons. The van der Waals surface area contributed by atoms with E-state index in [2.05, 4.69) is 0 Å². The summed E-state index contributed by atoms with van der Waals surface area (Å²) in [5.74, 6) is 0. The largest absolute Gasteiger partial charge is 0.783 e. The molecule has 0 amide bonds. The lowest BCUT2D eigenvalue weighted by atomic mass is 10.1. The summed E-state index contributed by atoms with van der Waals surface area (Å²) in [6.45, 7) is -11.7. The summed E-state index contributed by atoms with van der Waals surface area (Å²) in [4.78, 5) is 0. The third-order valence-corrected chi connectivity index (χ3v) is 1.40. The van der Waals surface area contributed by atoms with Crippen LogP contribution in [0.25, 0.3) is 0 Å². The van der Waals surface area contributed by atoms with Crippen LogP contribution < -0.4 is 5.73 Å². The molecule has 0 fully saturated rings. The molecule has 0 aliphatic heterocycles. The molecule has 0 aliphatic carbocycles. The number of benzene rings is 1. The lowest BCUT2D eigenvalue weighted by Gasteiger charge is -2.45. The Hall–Kier alpha value is -0.900. The van der Waals surface area contributed by atoms with E-state index in [1.54, 1.807) is 0 Å². The van der Waals surface area contributed by atoms with E-state index in [9.17, 15) is 5.21 Å². The molecule has 1 rings (SSSR count). The van der Waals surface area contributed by atoms with Crippen LogP contribution in [0.2, 0.25) is 0 Å². The first-order chi connectivity index (χ1) is 12.2. The van der Waals surface area contributed by atoms with Crippen molar-refractivity contribution in [3.63, 3.8) is 0 Å². The molecule has 0 aliphatic rings. The zero-order valence-corrected chi connectivity index (χ0v) is 7.01. The summed E-state index contributed by atoms with van der Waals surface area (Å²) < 4.78 is 106. The smallest absolute Gasteiger partial charge is 0.0724 e. The highest BCUT2D eigenvalue weighted by Gasteiger charge is 2.18. The molecular formula is C11H17N2O-. The zero-order valence-electron chi connectivity index (χ0n) is 21.0. The monoisotopic (exact) mass is 207 g/mol. The Kier molecular flexibility index (Phi) is 0.762. The second kappa shape index (κ2) is 4.09. The van der Waals surface area contributed by atoms with Gasteiger partial charge in [0.1, 0.15) is 0 Å². The summed E-state index contributed by atoms with van der Waals surface area (Å²) >= 11 is 0. The molecule has 2 N–H and O–H groups in total. The van der Waals surface area contributed by atoms with Gasteiger partial charge in [0.25, 0.3) is 0 Å². The van der Waals surface area contributed by atoms with Gasteiger partial charge in [-0.1, -0.05) is 30.2 Å². The quantitative estimate of drug-likeness (QED) is 0.597. The number of hydroxylamine groups is 2. The summed E-state index contributed by atoms with van der Waals surface area (Å²) in [5, 5.41) is 12.0. The van der Waals surface area contributed by atoms with Crippen LogP contribution in [0.4, 0.5) is 0 Å². The molecule has 3 nitrogen and oxygen atoms in total. The number of rotatable bonds is 2. The third-order valence-electron chi connectivity index (χ3n) is 1.40. The fourth-order valence-corrected chi connectivity index (χ4v) is 0.733. The van der Waals surface area contributed by atoms with E-state index in [1.165, 1.54) is 0 Å². The summed E-state index contributed by atoms with van der Waals surface area (Å²) in [7, 11) is 0. The van der Waals surface area contributed by atoms with Crippen molar-refractivity contribution < 1.29 is 19.2 Å². The van der Waals surface area contributed by atoms with E-state index < -0.39 is 73.1 Å². The predicted octanol–water partition coefficient (Wildman–Crippen LogP) is 2.24. The van der Waals surface area contributed by atoms with E-state index in [-0.39, 0.29) is 0 Å². The first-order valence-electron chi connectivity index (χ1n) is 10.5. The maximum absolute atomic E-state index is 12.9. The maximum atomic E-state index is 12.9. The van der Waals surface area contributed by atoms with Crippen LogP contribution in [-0.4, -0.2) is 10.6 Å². The minimum Gasteiger partial charge on any atom is -0.783 e. The molecule has 0 heterocycles. The van der Waals surface area contributed by atoms with Crippen LogP contribution in [-0.2, 0) is 0 Å². The topological polar surface area (TPSA) is 52.3 Å². The lowest BCUT2D eigenvalue weighted by molar-refractivity contribution is 0.149. The summed E-state index contributed by atoms with van der Waals surface area (Å²) in [6, 6.07) is -4.65. The predicted molar refractivity (Wildman–Crippen MR) is 58.3 cm³/mol. The maximum Gasteiger partial charge on any atom is 0.0724 e. The molecule has 0 aromatic heterocycles. The summed E-state index contributed by atoms with van der Waals surface area (Å²) in [6.07, 6.45) is -2.49. The van der Waals surface area contributed by atoms with Crippen LogP contribution in [0.3, 0.4) is 0 Å². The van der Waals surface area contributed by atoms with Gasteiger partial charge in [0.15, 0.2) is 0 Å². The van der Waals surface area contributed by atoms with Crippen LogP contribution in [0.5, 0.6) is 0 Å². The Morgan fingerprint density at radius 2 is 2.00 bits per heavy atom. The molecule has 14 heavy (non-hydrogen) atoms. The van der Waals surface area contributed by atoms with Crippen LogP contribution in [0.1, 0.15) is 51.5 Å². The second-order valence-corrected chi connectivity index (χ2v) is 2.52. The minimum absolute atomic E-state index is 0.836. The van der Waals surface area contributed by atoms with Crippen molar-refractivity contribution in [2.75, 3.05) is 0 Å². The van der Waals surface area contributed by atoms with Gasteiger partial charge in [0, 0.05) is 17.9 Å². The van der Waals surface area contributed by atoms with Gasteiger partial charge in [-0.15, -0.1) is 0 Å². The highest BCUT2D eigenvalue weighted by Crippen LogP contribution is 2.22. The van der Waals surface area contributed by atoms with Gasteiger partial charge in [-0.2, -0.15) is 0 Å².